The van der Waals surface area contributed by atoms with E-state index in [1.807, 2.05) is 41.2 Å². The number of nitrogens with zero attached hydrogens (tertiary/aromatic N) is 1. The van der Waals surface area contributed by atoms with E-state index in [0.717, 1.165) is 17.0 Å². The zero-order valence-corrected chi connectivity index (χ0v) is 16.2. The van der Waals surface area contributed by atoms with Crippen molar-refractivity contribution in [3.8, 4) is 5.69 Å². The summed E-state index contributed by atoms with van der Waals surface area (Å²) in [7, 11) is 0. The van der Waals surface area contributed by atoms with Gasteiger partial charge in [-0.1, -0.05) is 0 Å². The second-order valence-electron chi connectivity index (χ2n) is 5.94. The van der Waals surface area contributed by atoms with Crippen molar-refractivity contribution in [2.24, 2.45) is 5.73 Å². The lowest BCUT2D eigenvalue weighted by Gasteiger charge is -2.08. The molecule has 3 N–H and O–H groups in total. The first-order valence-corrected chi connectivity index (χ1v) is 9.39. The molecule has 0 saturated heterocycles. The van der Waals surface area contributed by atoms with Gasteiger partial charge in [0.15, 0.2) is 0 Å². The van der Waals surface area contributed by atoms with Crippen molar-refractivity contribution in [2.75, 3.05) is 11.9 Å². The Morgan fingerprint density at radius 3 is 2.36 bits per heavy atom. The Kier molecular flexibility index (Phi) is 5.60. The number of amides is 2. The summed E-state index contributed by atoms with van der Waals surface area (Å²) in [5.74, 6) is -1.67. The van der Waals surface area contributed by atoms with Gasteiger partial charge in [0, 0.05) is 23.6 Å². The van der Waals surface area contributed by atoms with Crippen LogP contribution < -0.4 is 11.1 Å². The average molecular weight is 397 g/mol. The maximum Gasteiger partial charge on any atom is 0.341 e. The molecule has 0 aliphatic rings. The van der Waals surface area contributed by atoms with Gasteiger partial charge in [0.2, 0.25) is 0 Å². The Bertz CT molecular complexity index is 1020. The molecule has 0 saturated carbocycles. The zero-order chi connectivity index (χ0) is 20.3. The third-order valence-corrected chi connectivity index (χ3v) is 5.33. The zero-order valence-electron chi connectivity index (χ0n) is 15.4. The number of esters is 1. The molecule has 1 aromatic carbocycles. The number of aromatic nitrogens is 1. The number of nitrogens with two attached hydrogens (primary N) is 1. The molecule has 144 valence electrons. The summed E-state index contributed by atoms with van der Waals surface area (Å²) in [6.07, 6.45) is 3.81. The van der Waals surface area contributed by atoms with E-state index in [9.17, 15) is 14.4 Å². The molecular formula is C20H19N3O4S. The number of carbonyl (C=O) groups is 3. The largest absolute Gasteiger partial charge is 0.462 e. The van der Waals surface area contributed by atoms with Gasteiger partial charge in [-0.2, -0.15) is 0 Å². The highest BCUT2D eigenvalue weighted by molar-refractivity contribution is 7.18. The fraction of sp³-hybridized carbons (Fsp3) is 0.150. The van der Waals surface area contributed by atoms with Crippen LogP contribution in [0.25, 0.3) is 5.69 Å². The molecule has 0 atom stereocenters. The van der Waals surface area contributed by atoms with E-state index in [4.69, 9.17) is 10.5 Å². The second kappa shape index (κ2) is 8.10. The van der Waals surface area contributed by atoms with Gasteiger partial charge < -0.3 is 20.4 Å². The van der Waals surface area contributed by atoms with Crippen LogP contribution in [0.4, 0.5) is 5.00 Å². The summed E-state index contributed by atoms with van der Waals surface area (Å²) in [6, 6.07) is 10.8. The van der Waals surface area contributed by atoms with Crippen LogP contribution in [0.15, 0.2) is 48.8 Å². The highest BCUT2D eigenvalue weighted by atomic mass is 32.1. The van der Waals surface area contributed by atoms with Crippen LogP contribution in [0.2, 0.25) is 0 Å². The maximum absolute atomic E-state index is 12.7. The predicted molar refractivity (Wildman–Crippen MR) is 107 cm³/mol. The minimum atomic E-state index is -0.662. The molecule has 3 rings (SSSR count). The summed E-state index contributed by atoms with van der Waals surface area (Å²) >= 11 is 0.961. The van der Waals surface area contributed by atoms with Gasteiger partial charge in [0.1, 0.15) is 5.00 Å². The molecule has 0 aliphatic carbocycles. The number of anilines is 1. The van der Waals surface area contributed by atoms with Gasteiger partial charge >= 0.3 is 5.97 Å². The summed E-state index contributed by atoms with van der Waals surface area (Å²) < 4.78 is 6.97. The second-order valence-corrected chi connectivity index (χ2v) is 6.96. The predicted octanol–water partition coefficient (Wildman–Crippen LogP) is 3.38. The van der Waals surface area contributed by atoms with Crippen molar-refractivity contribution in [1.82, 2.24) is 4.57 Å². The van der Waals surface area contributed by atoms with Gasteiger partial charge in [0.25, 0.3) is 11.8 Å². The maximum atomic E-state index is 12.7. The minimum Gasteiger partial charge on any atom is -0.462 e. The molecular weight excluding hydrogens is 378 g/mol. The van der Waals surface area contributed by atoms with Gasteiger partial charge in [-0.05, 0) is 55.8 Å². The molecule has 2 heterocycles. The summed E-state index contributed by atoms with van der Waals surface area (Å²) in [5, 5.41) is 2.94. The molecule has 0 unspecified atom stereocenters. The van der Waals surface area contributed by atoms with Crippen LogP contribution in [-0.2, 0) is 4.74 Å². The van der Waals surface area contributed by atoms with E-state index >= 15 is 0 Å². The van der Waals surface area contributed by atoms with Crippen molar-refractivity contribution in [3.05, 3.63) is 70.4 Å². The molecule has 0 bridgehead atoms. The van der Waals surface area contributed by atoms with Gasteiger partial charge in [-0.25, -0.2) is 4.79 Å². The molecule has 0 fully saturated rings. The first-order valence-electron chi connectivity index (χ1n) is 8.57. The average Bonchev–Trinajstić information content (AvgIpc) is 3.30. The van der Waals surface area contributed by atoms with Crippen molar-refractivity contribution >= 4 is 34.1 Å². The summed E-state index contributed by atoms with van der Waals surface area (Å²) in [5.41, 5.74) is 7.26. The van der Waals surface area contributed by atoms with E-state index < -0.39 is 17.8 Å². The lowest BCUT2D eigenvalue weighted by molar-refractivity contribution is 0.0527. The fourth-order valence-electron chi connectivity index (χ4n) is 2.75. The monoisotopic (exact) mass is 397 g/mol. The number of rotatable bonds is 6. The number of primary amides is 1. The molecule has 7 nitrogen and oxygen atoms in total. The Morgan fingerprint density at radius 1 is 1.14 bits per heavy atom. The van der Waals surface area contributed by atoms with Crippen LogP contribution in [0.5, 0.6) is 0 Å². The third-order valence-electron chi connectivity index (χ3n) is 4.11. The van der Waals surface area contributed by atoms with Crippen LogP contribution in [-0.4, -0.2) is 29.0 Å². The SMILES string of the molecule is CCOC(=O)c1c(NC(=O)c2ccc(-n3cccc3)cc2)sc(C(N)=O)c1C. The molecule has 28 heavy (non-hydrogen) atoms. The standard InChI is InChI=1S/C20H19N3O4S/c1-3-27-20(26)15-12(2)16(17(21)24)28-19(15)22-18(25)13-6-8-14(9-7-13)23-10-4-5-11-23/h4-11H,3H2,1-2H3,(H2,21,24)(H,22,25). The molecule has 0 aliphatic heterocycles. The Morgan fingerprint density at radius 2 is 1.79 bits per heavy atom. The van der Waals surface area contributed by atoms with E-state index in [1.54, 1.807) is 26.0 Å². The Labute approximate surface area is 165 Å². The van der Waals surface area contributed by atoms with Gasteiger partial charge in [0.05, 0.1) is 17.0 Å². The number of benzene rings is 1. The molecule has 2 amide bonds. The molecule has 2 aromatic heterocycles. The van der Waals surface area contributed by atoms with Crippen molar-refractivity contribution in [2.45, 2.75) is 13.8 Å². The Balaban J connectivity index is 1.88. The van der Waals surface area contributed by atoms with E-state index in [2.05, 4.69) is 5.32 Å². The van der Waals surface area contributed by atoms with Crippen molar-refractivity contribution in [1.29, 1.82) is 0 Å². The van der Waals surface area contributed by atoms with Crippen LogP contribution in [0, 0.1) is 6.92 Å². The highest BCUT2D eigenvalue weighted by Gasteiger charge is 2.25. The van der Waals surface area contributed by atoms with Gasteiger partial charge in [-0.3, -0.25) is 9.59 Å². The number of ether oxygens (including phenoxy) is 1. The van der Waals surface area contributed by atoms with Crippen LogP contribution in [0.1, 0.15) is 42.9 Å². The number of hydrogen-bond acceptors (Lipinski definition) is 5. The van der Waals surface area contributed by atoms with Crippen LogP contribution in [0.3, 0.4) is 0 Å². The smallest absolute Gasteiger partial charge is 0.341 e. The Hall–Kier alpha value is -3.39. The molecule has 8 heteroatoms. The number of carbonyl (C=O) groups excluding carboxylic acids is 3. The number of hydrogen-bond donors (Lipinski definition) is 2. The van der Waals surface area contributed by atoms with Crippen molar-refractivity contribution in [3.63, 3.8) is 0 Å². The first-order chi connectivity index (χ1) is 13.4. The van der Waals surface area contributed by atoms with E-state index in [0.29, 0.717) is 11.1 Å². The summed E-state index contributed by atoms with van der Waals surface area (Å²) in [6.45, 7) is 3.46. The summed E-state index contributed by atoms with van der Waals surface area (Å²) in [4.78, 5) is 36.8. The number of thiophene rings is 1. The van der Waals surface area contributed by atoms with E-state index in [-0.39, 0.29) is 22.0 Å². The lowest BCUT2D eigenvalue weighted by atomic mass is 10.1. The normalized spacial score (nSPS) is 10.5. The first kappa shape index (κ1) is 19.4. The lowest BCUT2D eigenvalue weighted by Crippen LogP contribution is -2.15. The third kappa shape index (κ3) is 3.81. The van der Waals surface area contributed by atoms with E-state index in [1.165, 1.54) is 0 Å². The van der Waals surface area contributed by atoms with Gasteiger partial charge in [-0.15, -0.1) is 11.3 Å². The fourth-order valence-corrected chi connectivity index (χ4v) is 3.79. The van der Waals surface area contributed by atoms with Crippen molar-refractivity contribution < 1.29 is 19.1 Å². The highest BCUT2D eigenvalue weighted by Crippen LogP contribution is 2.33. The molecule has 3 aromatic rings. The molecule has 0 radical (unpaired) electrons. The number of nitrogens with one attached hydrogen (secondary N) is 1. The topological polar surface area (TPSA) is 103 Å². The van der Waals surface area contributed by atoms with Crippen LogP contribution >= 0.6 is 11.3 Å². The quantitative estimate of drug-likeness (QED) is 0.622. The minimum absolute atomic E-state index is 0.151. The molecule has 0 spiro atoms.